The molecule has 5 aromatic carbocycles. The molecule has 6 rings (SSSR count). The molecule has 28 heavy (non-hydrogen) atoms. The molecule has 0 fully saturated rings. The predicted octanol–water partition coefficient (Wildman–Crippen LogP) is 7.16. The summed E-state index contributed by atoms with van der Waals surface area (Å²) in [7, 11) is 0. The van der Waals surface area contributed by atoms with Crippen LogP contribution in [0, 0.1) is 0 Å². The zero-order chi connectivity index (χ0) is 18.5. The quantitative estimate of drug-likeness (QED) is 0.289. The van der Waals surface area contributed by atoms with E-state index in [9.17, 15) is 0 Å². The molecule has 0 amide bonds. The van der Waals surface area contributed by atoms with Gasteiger partial charge in [0, 0.05) is 0 Å². The molecule has 132 valence electrons. The van der Waals surface area contributed by atoms with E-state index >= 15 is 0 Å². The van der Waals surface area contributed by atoms with E-state index in [1.165, 1.54) is 54.9 Å². The van der Waals surface area contributed by atoms with Crippen LogP contribution in [0.2, 0.25) is 0 Å². The highest BCUT2D eigenvalue weighted by Gasteiger charge is 2.21. The molecule has 1 aliphatic carbocycles. The van der Waals surface area contributed by atoms with Crippen LogP contribution in [0.5, 0.6) is 0 Å². The molecule has 0 saturated carbocycles. The Bertz CT molecular complexity index is 1340. The van der Waals surface area contributed by atoms with Crippen LogP contribution < -0.4 is 0 Å². The fourth-order valence-corrected chi connectivity index (χ4v) is 4.68. The van der Waals surface area contributed by atoms with Crippen LogP contribution in [-0.4, -0.2) is 0 Å². The summed E-state index contributed by atoms with van der Waals surface area (Å²) < 4.78 is 0. The number of benzene rings is 5. The van der Waals surface area contributed by atoms with Crippen molar-refractivity contribution in [2.24, 2.45) is 0 Å². The monoisotopic (exact) mass is 356 g/mol. The smallest absolute Gasteiger partial charge is 0.000728 e. The second-order valence-corrected chi connectivity index (χ2v) is 7.84. The first-order chi connectivity index (χ1) is 13.8. The van der Waals surface area contributed by atoms with Gasteiger partial charge in [-0.25, -0.2) is 0 Å². The largest absolute Gasteiger partial charge is 0.0622 e. The van der Waals surface area contributed by atoms with Crippen molar-refractivity contribution in [1.82, 2.24) is 0 Å². The van der Waals surface area contributed by atoms with Gasteiger partial charge in [-0.1, -0.05) is 84.9 Å². The lowest BCUT2D eigenvalue weighted by atomic mass is 9.95. The number of fused-ring (bicyclic) bond motifs is 6. The van der Waals surface area contributed by atoms with Gasteiger partial charge in [-0.15, -0.1) is 0 Å². The summed E-state index contributed by atoms with van der Waals surface area (Å²) in [5, 5.41) is 5.38. The Hall–Kier alpha value is -3.38. The maximum atomic E-state index is 2.40. The average molecular weight is 356 g/mol. The van der Waals surface area contributed by atoms with Crippen LogP contribution in [0.25, 0.3) is 32.7 Å². The number of hydrogen-bond acceptors (Lipinski definition) is 0. The summed E-state index contributed by atoms with van der Waals surface area (Å²) >= 11 is 0. The van der Waals surface area contributed by atoms with Crippen molar-refractivity contribution in [1.29, 1.82) is 0 Å². The number of hydrogen-bond donors (Lipinski definition) is 0. The minimum Gasteiger partial charge on any atom is -0.0622 e. The van der Waals surface area contributed by atoms with Crippen LogP contribution in [-0.2, 0) is 12.8 Å². The first-order valence-corrected chi connectivity index (χ1v) is 9.96. The SMILES string of the molecule is c1ccc(Cc2ccc3c(c2)-c2ccc4cc5ccccc5cc4c2C3)cc1. The second kappa shape index (κ2) is 6.07. The van der Waals surface area contributed by atoms with Crippen molar-refractivity contribution in [3.8, 4) is 11.1 Å². The van der Waals surface area contributed by atoms with Gasteiger partial charge in [0.2, 0.25) is 0 Å². The summed E-state index contributed by atoms with van der Waals surface area (Å²) in [6.07, 6.45) is 2.02. The summed E-state index contributed by atoms with van der Waals surface area (Å²) in [5.74, 6) is 0. The highest BCUT2D eigenvalue weighted by Crippen LogP contribution is 2.41. The molecule has 0 radical (unpaired) electrons. The zero-order valence-electron chi connectivity index (χ0n) is 15.7. The molecule has 0 aliphatic heterocycles. The first kappa shape index (κ1) is 15.7. The molecule has 5 aromatic rings. The summed E-state index contributed by atoms with van der Waals surface area (Å²) in [6, 6.07) is 35.8. The lowest BCUT2D eigenvalue weighted by Gasteiger charge is -2.09. The van der Waals surface area contributed by atoms with Crippen molar-refractivity contribution < 1.29 is 0 Å². The summed E-state index contributed by atoms with van der Waals surface area (Å²) in [4.78, 5) is 0. The zero-order valence-corrected chi connectivity index (χ0v) is 15.7. The molecule has 0 spiro atoms. The van der Waals surface area contributed by atoms with Crippen molar-refractivity contribution in [3.63, 3.8) is 0 Å². The highest BCUT2D eigenvalue weighted by atomic mass is 14.2. The lowest BCUT2D eigenvalue weighted by molar-refractivity contribution is 1.18. The van der Waals surface area contributed by atoms with Crippen molar-refractivity contribution in [2.75, 3.05) is 0 Å². The Balaban J connectivity index is 1.49. The molecule has 1 aliphatic rings. The molecule has 0 unspecified atom stereocenters. The standard InChI is InChI=1S/C28H20/c1-2-6-19(7-3-1)14-20-10-11-24-18-28-25(26(24)15-20)13-12-23-16-21-8-4-5-9-22(21)17-27(23)28/h1-13,15-17H,14,18H2. The van der Waals surface area contributed by atoms with Crippen molar-refractivity contribution >= 4 is 21.5 Å². The molecule has 0 nitrogen and oxygen atoms in total. The molecule has 0 atom stereocenters. The van der Waals surface area contributed by atoms with E-state index in [4.69, 9.17) is 0 Å². The minimum atomic E-state index is 0.988. The summed E-state index contributed by atoms with van der Waals surface area (Å²) in [6.45, 7) is 0. The third-order valence-electron chi connectivity index (χ3n) is 6.08. The highest BCUT2D eigenvalue weighted by molar-refractivity contribution is 6.03. The fraction of sp³-hybridized carbons (Fsp3) is 0.0714. The molecule has 0 heterocycles. The van der Waals surface area contributed by atoms with Crippen molar-refractivity contribution in [3.05, 3.63) is 119 Å². The van der Waals surface area contributed by atoms with Gasteiger partial charge in [-0.05, 0) is 79.9 Å². The van der Waals surface area contributed by atoms with Gasteiger partial charge in [0.1, 0.15) is 0 Å². The van der Waals surface area contributed by atoms with Crippen molar-refractivity contribution in [2.45, 2.75) is 12.8 Å². The maximum absolute atomic E-state index is 2.40. The maximum Gasteiger partial charge on any atom is -0.000728 e. The van der Waals surface area contributed by atoms with Crippen LogP contribution in [0.1, 0.15) is 22.3 Å². The van der Waals surface area contributed by atoms with Gasteiger partial charge in [0.25, 0.3) is 0 Å². The van der Waals surface area contributed by atoms with E-state index in [-0.39, 0.29) is 0 Å². The first-order valence-electron chi connectivity index (χ1n) is 9.96. The topological polar surface area (TPSA) is 0 Å². The van der Waals surface area contributed by atoms with Crippen LogP contribution in [0.3, 0.4) is 0 Å². The van der Waals surface area contributed by atoms with E-state index < -0.39 is 0 Å². The van der Waals surface area contributed by atoms with Gasteiger partial charge in [-0.3, -0.25) is 0 Å². The molecule has 0 bridgehead atoms. The van der Waals surface area contributed by atoms with Gasteiger partial charge in [0.15, 0.2) is 0 Å². The predicted molar refractivity (Wildman–Crippen MR) is 119 cm³/mol. The third kappa shape index (κ3) is 2.46. The number of rotatable bonds is 2. The lowest BCUT2D eigenvalue weighted by Crippen LogP contribution is -1.89. The van der Waals surface area contributed by atoms with E-state index in [0.717, 1.165) is 12.8 Å². The van der Waals surface area contributed by atoms with E-state index in [2.05, 4.69) is 97.1 Å². The minimum absolute atomic E-state index is 0.988. The second-order valence-electron chi connectivity index (χ2n) is 7.84. The fourth-order valence-electron chi connectivity index (χ4n) is 4.68. The average Bonchev–Trinajstić information content (AvgIpc) is 3.11. The van der Waals surface area contributed by atoms with Gasteiger partial charge in [0.05, 0.1) is 0 Å². The van der Waals surface area contributed by atoms with Gasteiger partial charge >= 0.3 is 0 Å². The molecule has 0 aromatic heterocycles. The van der Waals surface area contributed by atoms with E-state index in [0.29, 0.717) is 0 Å². The Morgan fingerprint density at radius 1 is 0.536 bits per heavy atom. The molecular formula is C28H20. The molecule has 0 heteroatoms. The third-order valence-corrected chi connectivity index (χ3v) is 6.08. The van der Waals surface area contributed by atoms with Gasteiger partial charge < -0.3 is 0 Å². The Morgan fingerprint density at radius 2 is 1.32 bits per heavy atom. The molecule has 0 N–H and O–H groups in total. The van der Waals surface area contributed by atoms with Gasteiger partial charge in [-0.2, -0.15) is 0 Å². The van der Waals surface area contributed by atoms with Crippen LogP contribution in [0.15, 0.2) is 97.1 Å². The van der Waals surface area contributed by atoms with Crippen LogP contribution in [0.4, 0.5) is 0 Å². The molecular weight excluding hydrogens is 336 g/mol. The van der Waals surface area contributed by atoms with Crippen LogP contribution >= 0.6 is 0 Å². The Morgan fingerprint density at radius 3 is 2.18 bits per heavy atom. The summed E-state index contributed by atoms with van der Waals surface area (Å²) in [5.41, 5.74) is 8.51. The molecule has 0 saturated heterocycles. The normalized spacial score (nSPS) is 12.3. The van der Waals surface area contributed by atoms with E-state index in [1.54, 1.807) is 0 Å². The Kier molecular flexibility index (Phi) is 3.39. The Labute approximate surface area is 165 Å². The van der Waals surface area contributed by atoms with E-state index in [1.807, 2.05) is 0 Å².